The van der Waals surface area contributed by atoms with E-state index >= 15 is 0 Å². The minimum atomic E-state index is -1.03. The van der Waals surface area contributed by atoms with Crippen LogP contribution in [0.15, 0.2) is 29.4 Å². The van der Waals surface area contributed by atoms with Crippen LogP contribution in [0.25, 0.3) is 0 Å². The van der Waals surface area contributed by atoms with Crippen LogP contribution in [0.5, 0.6) is 0 Å². The number of benzene rings is 1. The van der Waals surface area contributed by atoms with Gasteiger partial charge in [-0.2, -0.15) is 0 Å². The lowest BCUT2D eigenvalue weighted by molar-refractivity contribution is 0.121. The number of nitrogens with zero attached hydrogens (tertiary/aromatic N) is 2. The fourth-order valence-electron chi connectivity index (χ4n) is 2.14. The average Bonchev–Trinajstić information content (AvgIpc) is 2.38. The molecule has 96 valence electrons. The average molecular weight is 252 g/mol. The molecule has 0 spiro atoms. The second-order valence-corrected chi connectivity index (χ2v) is 4.16. The van der Waals surface area contributed by atoms with Crippen LogP contribution >= 0.6 is 0 Å². The lowest BCUT2D eigenvalue weighted by Crippen LogP contribution is -2.40. The van der Waals surface area contributed by atoms with Crippen molar-refractivity contribution < 1.29 is 19.5 Å². The fourth-order valence-corrected chi connectivity index (χ4v) is 2.14. The molecule has 1 aromatic rings. The van der Waals surface area contributed by atoms with E-state index in [1.807, 2.05) is 0 Å². The highest BCUT2D eigenvalue weighted by Crippen LogP contribution is 2.29. The van der Waals surface area contributed by atoms with Crippen molar-refractivity contribution in [2.75, 3.05) is 6.54 Å². The van der Waals surface area contributed by atoms with Gasteiger partial charge in [-0.25, -0.2) is 9.18 Å². The Morgan fingerprint density at radius 1 is 1.39 bits per heavy atom. The first-order valence-corrected chi connectivity index (χ1v) is 5.56. The first-order valence-electron chi connectivity index (χ1n) is 5.56. The maximum absolute atomic E-state index is 12.9. The van der Waals surface area contributed by atoms with E-state index in [0.29, 0.717) is 24.1 Å². The molecule has 1 fully saturated rings. The lowest BCUT2D eigenvalue weighted by atomic mass is 9.94. The summed E-state index contributed by atoms with van der Waals surface area (Å²) in [5.74, 6) is -0.368. The summed E-state index contributed by atoms with van der Waals surface area (Å²) in [4.78, 5) is 12.4. The van der Waals surface area contributed by atoms with E-state index in [1.54, 1.807) is 12.1 Å². The molecule has 1 heterocycles. The first kappa shape index (κ1) is 12.3. The number of hydrogen-bond acceptors (Lipinski definition) is 3. The summed E-state index contributed by atoms with van der Waals surface area (Å²) in [6, 6.07) is 5.26. The van der Waals surface area contributed by atoms with E-state index in [2.05, 4.69) is 5.16 Å². The molecule has 1 aromatic carbocycles. The standard InChI is InChI=1S/C12H13FN2O3/c13-9-3-1-8(2-4-9)11-7-10(14-18)5-6-15(11)12(16)17/h1-4,11,18H,5-7H2,(H,16,17)/b14-10+. The van der Waals surface area contributed by atoms with Crippen LogP contribution in [0.2, 0.25) is 0 Å². The van der Waals surface area contributed by atoms with Crippen molar-refractivity contribution in [3.63, 3.8) is 0 Å². The number of oxime groups is 1. The van der Waals surface area contributed by atoms with E-state index < -0.39 is 12.1 Å². The third-order valence-corrected chi connectivity index (χ3v) is 3.09. The Morgan fingerprint density at radius 3 is 2.61 bits per heavy atom. The second-order valence-electron chi connectivity index (χ2n) is 4.16. The second kappa shape index (κ2) is 5.03. The molecule has 1 atom stereocenters. The summed E-state index contributed by atoms with van der Waals surface area (Å²) < 4.78 is 12.9. The van der Waals surface area contributed by atoms with Crippen molar-refractivity contribution >= 4 is 11.8 Å². The van der Waals surface area contributed by atoms with Gasteiger partial charge in [-0.3, -0.25) is 0 Å². The van der Waals surface area contributed by atoms with Crippen LogP contribution < -0.4 is 0 Å². The lowest BCUT2D eigenvalue weighted by Gasteiger charge is -2.34. The Morgan fingerprint density at radius 2 is 2.06 bits per heavy atom. The van der Waals surface area contributed by atoms with Gasteiger partial charge in [0.2, 0.25) is 0 Å². The van der Waals surface area contributed by atoms with Crippen LogP contribution in [-0.2, 0) is 0 Å². The van der Waals surface area contributed by atoms with E-state index in [9.17, 15) is 9.18 Å². The van der Waals surface area contributed by atoms with Gasteiger partial charge in [-0.15, -0.1) is 0 Å². The summed E-state index contributed by atoms with van der Waals surface area (Å²) >= 11 is 0. The zero-order valence-electron chi connectivity index (χ0n) is 9.58. The summed E-state index contributed by atoms with van der Waals surface area (Å²) in [5.41, 5.74) is 1.25. The number of likely N-dealkylation sites (tertiary alicyclic amines) is 1. The molecule has 1 saturated heterocycles. The van der Waals surface area contributed by atoms with Crippen molar-refractivity contribution in [2.45, 2.75) is 18.9 Å². The molecular formula is C12H13FN2O3. The smallest absolute Gasteiger partial charge is 0.407 e. The number of carboxylic acid groups (broad SMARTS) is 1. The van der Waals surface area contributed by atoms with Gasteiger partial charge in [0.15, 0.2) is 0 Å². The normalized spacial score (nSPS) is 22.2. The Labute approximate surface area is 103 Å². The van der Waals surface area contributed by atoms with Gasteiger partial charge >= 0.3 is 6.09 Å². The molecule has 6 heteroatoms. The largest absolute Gasteiger partial charge is 0.465 e. The van der Waals surface area contributed by atoms with E-state index in [-0.39, 0.29) is 12.4 Å². The number of piperidine rings is 1. The zero-order valence-corrected chi connectivity index (χ0v) is 9.58. The molecule has 5 nitrogen and oxygen atoms in total. The van der Waals surface area contributed by atoms with Gasteiger partial charge in [0, 0.05) is 19.4 Å². The Kier molecular flexibility index (Phi) is 3.45. The topological polar surface area (TPSA) is 73.1 Å². The molecule has 0 aromatic heterocycles. The van der Waals surface area contributed by atoms with Crippen LogP contribution in [-0.4, -0.2) is 33.6 Å². The van der Waals surface area contributed by atoms with Gasteiger partial charge in [0.1, 0.15) is 5.82 Å². The van der Waals surface area contributed by atoms with Crippen molar-refractivity contribution in [3.8, 4) is 0 Å². The molecular weight excluding hydrogens is 239 g/mol. The molecule has 1 aliphatic rings. The third-order valence-electron chi connectivity index (χ3n) is 3.09. The maximum atomic E-state index is 12.9. The highest BCUT2D eigenvalue weighted by Gasteiger charge is 2.30. The van der Waals surface area contributed by atoms with Crippen LogP contribution in [0.4, 0.5) is 9.18 Å². The van der Waals surface area contributed by atoms with Crippen molar-refractivity contribution in [1.29, 1.82) is 0 Å². The number of halogens is 1. The molecule has 0 aliphatic carbocycles. The quantitative estimate of drug-likeness (QED) is 0.595. The SMILES string of the molecule is O=C(O)N1CC/C(=N\O)CC1c1ccc(F)cc1. The van der Waals surface area contributed by atoms with E-state index in [4.69, 9.17) is 10.3 Å². The predicted molar refractivity (Wildman–Crippen MR) is 62.3 cm³/mol. The Bertz CT molecular complexity index is 473. The molecule has 0 saturated carbocycles. The molecule has 0 bridgehead atoms. The summed E-state index contributed by atoms with van der Waals surface area (Å²) in [6.45, 7) is 0.275. The van der Waals surface area contributed by atoms with E-state index in [1.165, 1.54) is 17.0 Å². The zero-order chi connectivity index (χ0) is 13.1. The molecule has 1 amide bonds. The predicted octanol–water partition coefficient (Wildman–Crippen LogP) is 2.47. The van der Waals surface area contributed by atoms with Crippen molar-refractivity contribution in [1.82, 2.24) is 4.90 Å². The van der Waals surface area contributed by atoms with Gasteiger partial charge < -0.3 is 15.2 Å². The minimum absolute atomic E-state index is 0.275. The van der Waals surface area contributed by atoms with Gasteiger partial charge in [0.05, 0.1) is 11.8 Å². The van der Waals surface area contributed by atoms with Gasteiger partial charge in [-0.05, 0) is 17.7 Å². The maximum Gasteiger partial charge on any atom is 0.407 e. The first-order chi connectivity index (χ1) is 8.61. The summed E-state index contributed by atoms with van der Waals surface area (Å²) in [7, 11) is 0. The molecule has 18 heavy (non-hydrogen) atoms. The molecule has 1 unspecified atom stereocenters. The summed E-state index contributed by atoms with van der Waals surface area (Å²) in [6.07, 6.45) is -0.282. The van der Waals surface area contributed by atoms with E-state index in [0.717, 1.165) is 0 Å². The van der Waals surface area contributed by atoms with Crippen molar-refractivity contribution in [2.24, 2.45) is 5.16 Å². The number of amides is 1. The summed E-state index contributed by atoms with van der Waals surface area (Å²) in [5, 5.41) is 21.1. The van der Waals surface area contributed by atoms with Crippen LogP contribution in [0, 0.1) is 5.82 Å². The molecule has 0 radical (unpaired) electrons. The third kappa shape index (κ3) is 2.42. The highest BCUT2D eigenvalue weighted by molar-refractivity contribution is 5.87. The van der Waals surface area contributed by atoms with Crippen LogP contribution in [0.3, 0.4) is 0 Å². The van der Waals surface area contributed by atoms with Crippen molar-refractivity contribution in [3.05, 3.63) is 35.6 Å². The Balaban J connectivity index is 2.29. The van der Waals surface area contributed by atoms with Gasteiger partial charge in [0.25, 0.3) is 0 Å². The number of rotatable bonds is 1. The highest BCUT2D eigenvalue weighted by atomic mass is 19.1. The Hall–Kier alpha value is -2.11. The van der Waals surface area contributed by atoms with Crippen LogP contribution in [0.1, 0.15) is 24.4 Å². The molecule has 2 rings (SSSR count). The molecule has 1 aliphatic heterocycles. The minimum Gasteiger partial charge on any atom is -0.465 e. The monoisotopic (exact) mass is 252 g/mol. The van der Waals surface area contributed by atoms with Gasteiger partial charge in [-0.1, -0.05) is 17.3 Å². The number of hydrogen-bond donors (Lipinski definition) is 2. The fraction of sp³-hybridized carbons (Fsp3) is 0.333. The number of carbonyl (C=O) groups is 1. The molecule has 2 N–H and O–H groups in total.